The number of nitrogens with zero attached hydrogens (tertiary/aromatic N) is 4. The number of fused-ring (bicyclic) bond motifs is 1. The van der Waals surface area contributed by atoms with Crippen LogP contribution in [0.3, 0.4) is 0 Å². The Kier molecular flexibility index (Phi) is 4.43. The Morgan fingerprint density at radius 1 is 1.43 bits per heavy atom. The van der Waals surface area contributed by atoms with Gasteiger partial charge in [0.05, 0.1) is 18.2 Å². The molecule has 3 amide bonds. The summed E-state index contributed by atoms with van der Waals surface area (Å²) in [6.45, 7) is 0.904. The van der Waals surface area contributed by atoms with Crippen LogP contribution in [0.4, 0.5) is 10.5 Å². The number of benzene rings is 1. The van der Waals surface area contributed by atoms with Crippen molar-refractivity contribution >= 4 is 17.6 Å². The van der Waals surface area contributed by atoms with Crippen molar-refractivity contribution in [3.8, 4) is 6.07 Å². The highest BCUT2D eigenvalue weighted by molar-refractivity contribution is 5.99. The number of anilines is 1. The van der Waals surface area contributed by atoms with Gasteiger partial charge in [0.25, 0.3) is 0 Å². The van der Waals surface area contributed by atoms with Gasteiger partial charge in [-0.3, -0.25) is 9.69 Å². The summed E-state index contributed by atoms with van der Waals surface area (Å²) in [6.07, 6.45) is 0.284. The van der Waals surface area contributed by atoms with Crippen molar-refractivity contribution in [2.45, 2.75) is 13.0 Å². The highest BCUT2D eigenvalue weighted by Crippen LogP contribution is 2.27. The quantitative estimate of drug-likeness (QED) is 0.841. The second-order valence-electron chi connectivity index (χ2n) is 5.08. The smallest absolute Gasteiger partial charge is 0.325 e. The van der Waals surface area contributed by atoms with Gasteiger partial charge < -0.3 is 9.80 Å². The molecule has 0 bridgehead atoms. The van der Waals surface area contributed by atoms with Crippen molar-refractivity contribution in [1.82, 2.24) is 9.80 Å². The van der Waals surface area contributed by atoms with Gasteiger partial charge in [-0.1, -0.05) is 18.2 Å². The molecule has 1 heterocycles. The lowest BCUT2D eigenvalue weighted by Crippen LogP contribution is -2.49. The highest BCUT2D eigenvalue weighted by Gasteiger charge is 2.29. The maximum Gasteiger partial charge on any atom is 0.325 e. The van der Waals surface area contributed by atoms with E-state index in [2.05, 4.69) is 0 Å². The minimum absolute atomic E-state index is 0.0118. The Morgan fingerprint density at radius 2 is 2.14 bits per heavy atom. The molecule has 6 nitrogen and oxygen atoms in total. The number of carbonyl (C=O) groups is 2. The highest BCUT2D eigenvalue weighted by atomic mass is 16.2. The predicted molar refractivity (Wildman–Crippen MR) is 78.5 cm³/mol. The van der Waals surface area contributed by atoms with Crippen LogP contribution in [0.25, 0.3) is 0 Å². The average molecular weight is 286 g/mol. The number of amides is 3. The number of likely N-dealkylation sites (N-methyl/N-ethyl adjacent to an activating group) is 1. The molecule has 110 valence electrons. The van der Waals surface area contributed by atoms with Crippen LogP contribution in [-0.2, 0) is 11.3 Å². The summed E-state index contributed by atoms with van der Waals surface area (Å²) in [5.41, 5.74) is 1.80. The summed E-state index contributed by atoms with van der Waals surface area (Å²) >= 11 is 0. The van der Waals surface area contributed by atoms with E-state index in [9.17, 15) is 9.59 Å². The van der Waals surface area contributed by atoms with Crippen molar-refractivity contribution in [2.24, 2.45) is 0 Å². The van der Waals surface area contributed by atoms with Crippen LogP contribution in [0.1, 0.15) is 12.0 Å². The van der Waals surface area contributed by atoms with Gasteiger partial charge in [-0.2, -0.15) is 5.26 Å². The molecular formula is C15H18N4O2. The van der Waals surface area contributed by atoms with Crippen molar-refractivity contribution in [2.75, 3.05) is 32.1 Å². The van der Waals surface area contributed by atoms with E-state index in [4.69, 9.17) is 5.26 Å². The monoisotopic (exact) mass is 286 g/mol. The largest absolute Gasteiger partial charge is 0.343 e. The summed E-state index contributed by atoms with van der Waals surface area (Å²) in [7, 11) is 3.36. The van der Waals surface area contributed by atoms with Gasteiger partial charge in [0, 0.05) is 27.2 Å². The third-order valence-electron chi connectivity index (χ3n) is 3.53. The molecule has 0 atom stereocenters. The Morgan fingerprint density at radius 3 is 2.86 bits per heavy atom. The van der Waals surface area contributed by atoms with Crippen molar-refractivity contribution in [3.05, 3.63) is 29.8 Å². The zero-order valence-corrected chi connectivity index (χ0v) is 12.2. The van der Waals surface area contributed by atoms with Crippen LogP contribution in [-0.4, -0.2) is 48.9 Å². The Bertz CT molecular complexity index is 594. The molecule has 0 saturated heterocycles. The van der Waals surface area contributed by atoms with Crippen LogP contribution >= 0.6 is 0 Å². The average Bonchev–Trinajstić information content (AvgIpc) is 2.49. The topological polar surface area (TPSA) is 67.6 Å². The minimum Gasteiger partial charge on any atom is -0.343 e. The first kappa shape index (κ1) is 14.9. The molecule has 1 aliphatic rings. The lowest BCUT2D eigenvalue weighted by Gasteiger charge is -2.35. The van der Waals surface area contributed by atoms with Crippen molar-refractivity contribution in [3.63, 3.8) is 0 Å². The summed E-state index contributed by atoms with van der Waals surface area (Å²) in [5, 5.41) is 8.57. The van der Waals surface area contributed by atoms with Gasteiger partial charge in [-0.15, -0.1) is 0 Å². The number of rotatable bonds is 4. The summed E-state index contributed by atoms with van der Waals surface area (Å²) in [4.78, 5) is 29.0. The molecule has 1 aromatic rings. The van der Waals surface area contributed by atoms with E-state index >= 15 is 0 Å². The van der Waals surface area contributed by atoms with Gasteiger partial charge in [-0.25, -0.2) is 4.79 Å². The predicted octanol–water partition coefficient (Wildman–Crippen LogP) is 1.43. The first-order valence-corrected chi connectivity index (χ1v) is 6.76. The molecule has 0 N–H and O–H groups in total. The molecule has 1 aliphatic heterocycles. The van der Waals surface area contributed by atoms with Crippen LogP contribution in [0.15, 0.2) is 24.3 Å². The van der Waals surface area contributed by atoms with Crippen molar-refractivity contribution < 1.29 is 9.59 Å². The van der Waals surface area contributed by atoms with Gasteiger partial charge in [-0.05, 0) is 11.6 Å². The number of hydrogen-bond acceptors (Lipinski definition) is 3. The number of hydrogen-bond donors (Lipinski definition) is 0. The molecule has 0 radical (unpaired) electrons. The lowest BCUT2D eigenvalue weighted by atomic mass is 10.1. The maximum absolute atomic E-state index is 12.3. The summed E-state index contributed by atoms with van der Waals surface area (Å²) < 4.78 is 0. The molecular weight excluding hydrogens is 268 g/mol. The summed E-state index contributed by atoms with van der Waals surface area (Å²) in [5.74, 6) is -0.177. The normalized spacial score (nSPS) is 13.7. The fraction of sp³-hybridized carbons (Fsp3) is 0.400. The molecule has 0 aromatic heterocycles. The van der Waals surface area contributed by atoms with Crippen LogP contribution in [0.2, 0.25) is 0 Å². The van der Waals surface area contributed by atoms with Crippen molar-refractivity contribution in [1.29, 1.82) is 5.26 Å². The maximum atomic E-state index is 12.3. The summed E-state index contributed by atoms with van der Waals surface area (Å²) in [6, 6.07) is 9.40. The molecule has 6 heteroatoms. The molecule has 1 aromatic carbocycles. The Balaban J connectivity index is 2.17. The van der Waals surface area contributed by atoms with E-state index in [0.29, 0.717) is 13.1 Å². The molecule has 0 spiro atoms. The number of nitriles is 1. The van der Waals surface area contributed by atoms with E-state index in [-0.39, 0.29) is 24.9 Å². The SMILES string of the molecule is CN(CCC#N)C(=O)CN1C(=O)N(C)Cc2ccccc21. The van der Waals surface area contributed by atoms with Crippen LogP contribution < -0.4 is 4.90 Å². The molecule has 21 heavy (non-hydrogen) atoms. The van der Waals surface area contributed by atoms with E-state index in [1.807, 2.05) is 30.3 Å². The van der Waals surface area contributed by atoms with E-state index in [1.165, 1.54) is 9.80 Å². The standard InChI is InChI=1S/C15H18N4O2/c1-17(9-5-8-16)14(20)11-19-13-7-4-3-6-12(13)10-18(2)15(19)21/h3-4,6-7H,5,9-11H2,1-2H3. The molecule has 2 rings (SSSR count). The van der Waals surface area contributed by atoms with Gasteiger partial charge >= 0.3 is 6.03 Å². The molecule has 0 saturated carbocycles. The Hall–Kier alpha value is -2.55. The second-order valence-corrected chi connectivity index (χ2v) is 5.08. The number of para-hydroxylation sites is 1. The first-order valence-electron chi connectivity index (χ1n) is 6.76. The number of urea groups is 1. The Labute approximate surface area is 124 Å². The van der Waals surface area contributed by atoms with Gasteiger partial charge in [0.2, 0.25) is 5.91 Å². The van der Waals surface area contributed by atoms with Crippen LogP contribution in [0, 0.1) is 11.3 Å². The molecule has 0 unspecified atom stereocenters. The second kappa shape index (κ2) is 6.27. The zero-order chi connectivity index (χ0) is 15.4. The van der Waals surface area contributed by atoms with Crippen LogP contribution in [0.5, 0.6) is 0 Å². The third-order valence-corrected chi connectivity index (χ3v) is 3.53. The van der Waals surface area contributed by atoms with Gasteiger partial charge in [0.1, 0.15) is 6.54 Å². The molecule has 0 fully saturated rings. The number of carbonyl (C=O) groups excluding carboxylic acids is 2. The zero-order valence-electron chi connectivity index (χ0n) is 12.2. The first-order chi connectivity index (χ1) is 10.0. The van der Waals surface area contributed by atoms with E-state index in [0.717, 1.165) is 11.3 Å². The van der Waals surface area contributed by atoms with E-state index in [1.54, 1.807) is 19.0 Å². The third kappa shape index (κ3) is 3.14. The van der Waals surface area contributed by atoms with Gasteiger partial charge in [0.15, 0.2) is 0 Å². The molecule has 0 aliphatic carbocycles. The van der Waals surface area contributed by atoms with E-state index < -0.39 is 0 Å². The lowest BCUT2D eigenvalue weighted by molar-refractivity contribution is -0.128. The minimum atomic E-state index is -0.185. The fourth-order valence-electron chi connectivity index (χ4n) is 2.29. The fourth-order valence-corrected chi connectivity index (χ4v) is 2.29.